The van der Waals surface area contributed by atoms with Crippen LogP contribution in [0.1, 0.15) is 36.8 Å². The third-order valence-electron chi connectivity index (χ3n) is 6.89. The SMILES string of the molecule is C[N+]1(C)[C@@H]2CC[C@H]1CC(=CC(O)(Cc1ccccc1)Cc1ccccc1)C2. The third-order valence-corrected chi connectivity index (χ3v) is 6.89. The minimum atomic E-state index is -0.827. The number of hydrogen-bond donors (Lipinski definition) is 1. The van der Waals surface area contributed by atoms with Crippen LogP contribution in [0.15, 0.2) is 72.3 Å². The van der Waals surface area contributed by atoms with E-state index >= 15 is 0 Å². The molecule has 0 aromatic heterocycles. The second-order valence-electron chi connectivity index (χ2n) is 9.15. The molecule has 2 aromatic carbocycles. The predicted octanol–water partition coefficient (Wildman–Crippen LogP) is 4.53. The van der Waals surface area contributed by atoms with Gasteiger partial charge in [0.25, 0.3) is 0 Å². The van der Waals surface area contributed by atoms with Crippen LogP contribution in [0.25, 0.3) is 0 Å². The fraction of sp³-hybridized carbons (Fsp3) is 0.440. The maximum absolute atomic E-state index is 11.7. The highest BCUT2D eigenvalue weighted by molar-refractivity contribution is 5.27. The topological polar surface area (TPSA) is 20.2 Å². The van der Waals surface area contributed by atoms with Gasteiger partial charge in [-0.3, -0.25) is 0 Å². The highest BCUT2D eigenvalue weighted by Crippen LogP contribution is 2.42. The molecule has 2 heterocycles. The maximum Gasteiger partial charge on any atom is 0.0928 e. The van der Waals surface area contributed by atoms with Crippen molar-refractivity contribution in [2.45, 2.75) is 56.2 Å². The van der Waals surface area contributed by atoms with Gasteiger partial charge < -0.3 is 9.59 Å². The Morgan fingerprint density at radius 1 is 0.852 bits per heavy atom. The quantitative estimate of drug-likeness (QED) is 0.612. The lowest BCUT2D eigenvalue weighted by molar-refractivity contribution is -0.928. The Labute approximate surface area is 163 Å². The summed E-state index contributed by atoms with van der Waals surface area (Å²) in [6.07, 6.45) is 8.48. The molecule has 0 aliphatic carbocycles. The lowest BCUT2D eigenvalue weighted by Crippen LogP contribution is -2.53. The summed E-state index contributed by atoms with van der Waals surface area (Å²) in [5.74, 6) is 0. The van der Waals surface area contributed by atoms with Crippen LogP contribution < -0.4 is 0 Å². The third kappa shape index (κ3) is 4.02. The molecule has 0 saturated carbocycles. The molecular weight excluding hydrogens is 330 g/mol. The fourth-order valence-corrected chi connectivity index (χ4v) is 5.27. The molecule has 4 rings (SSSR count). The molecular formula is C25H32NO+. The van der Waals surface area contributed by atoms with Crippen molar-refractivity contribution in [2.24, 2.45) is 0 Å². The molecule has 142 valence electrons. The first kappa shape index (κ1) is 18.5. The van der Waals surface area contributed by atoms with E-state index in [1.807, 2.05) is 12.1 Å². The highest BCUT2D eigenvalue weighted by atomic mass is 16.3. The molecule has 1 N–H and O–H groups in total. The Bertz CT molecular complexity index is 734. The smallest absolute Gasteiger partial charge is 0.0928 e. The highest BCUT2D eigenvalue weighted by Gasteiger charge is 2.47. The van der Waals surface area contributed by atoms with Crippen LogP contribution in [0, 0.1) is 0 Å². The molecule has 2 aliphatic rings. The minimum Gasteiger partial charge on any atom is -0.385 e. The van der Waals surface area contributed by atoms with Crippen molar-refractivity contribution in [1.82, 2.24) is 0 Å². The summed E-state index contributed by atoms with van der Waals surface area (Å²) in [5.41, 5.74) is 3.03. The van der Waals surface area contributed by atoms with Crippen LogP contribution in [0.2, 0.25) is 0 Å². The van der Waals surface area contributed by atoms with Gasteiger partial charge in [-0.1, -0.05) is 72.3 Å². The number of benzene rings is 2. The minimum absolute atomic E-state index is 0.666. The number of quaternary nitrogens is 1. The monoisotopic (exact) mass is 362 g/mol. The van der Waals surface area contributed by atoms with Gasteiger partial charge in [-0.15, -0.1) is 0 Å². The maximum atomic E-state index is 11.7. The van der Waals surface area contributed by atoms with Gasteiger partial charge in [-0.2, -0.15) is 0 Å². The molecule has 0 radical (unpaired) electrons. The summed E-state index contributed by atoms with van der Waals surface area (Å²) in [5, 5.41) is 11.7. The number of piperidine rings is 1. The molecule has 2 heteroatoms. The van der Waals surface area contributed by atoms with Crippen molar-refractivity contribution in [3.8, 4) is 0 Å². The molecule has 0 amide bonds. The van der Waals surface area contributed by atoms with Gasteiger partial charge in [0.1, 0.15) is 0 Å². The zero-order valence-electron chi connectivity index (χ0n) is 16.6. The first-order valence-electron chi connectivity index (χ1n) is 10.3. The number of aliphatic hydroxyl groups is 1. The van der Waals surface area contributed by atoms with Crippen molar-refractivity contribution in [3.05, 3.63) is 83.4 Å². The van der Waals surface area contributed by atoms with Crippen molar-refractivity contribution in [2.75, 3.05) is 14.1 Å². The number of hydrogen-bond acceptors (Lipinski definition) is 1. The van der Waals surface area contributed by atoms with Crippen molar-refractivity contribution >= 4 is 0 Å². The molecule has 2 atom stereocenters. The summed E-state index contributed by atoms with van der Waals surface area (Å²) in [7, 11) is 4.78. The lowest BCUT2D eigenvalue weighted by atomic mass is 9.83. The molecule has 2 saturated heterocycles. The van der Waals surface area contributed by atoms with Crippen LogP contribution in [-0.2, 0) is 12.8 Å². The van der Waals surface area contributed by atoms with Gasteiger partial charge in [0.05, 0.1) is 31.8 Å². The zero-order chi connectivity index (χ0) is 18.9. The van der Waals surface area contributed by atoms with E-state index in [1.165, 1.54) is 29.5 Å². The fourth-order valence-electron chi connectivity index (χ4n) is 5.27. The van der Waals surface area contributed by atoms with E-state index in [1.54, 1.807) is 0 Å². The summed E-state index contributed by atoms with van der Waals surface area (Å²) in [4.78, 5) is 0. The molecule has 2 nitrogen and oxygen atoms in total. The van der Waals surface area contributed by atoms with E-state index < -0.39 is 5.60 Å². The van der Waals surface area contributed by atoms with Gasteiger partial charge >= 0.3 is 0 Å². The molecule has 2 aromatic rings. The van der Waals surface area contributed by atoms with E-state index in [0.29, 0.717) is 24.9 Å². The molecule has 0 unspecified atom stereocenters. The summed E-state index contributed by atoms with van der Waals surface area (Å²) in [6, 6.07) is 22.3. The van der Waals surface area contributed by atoms with Crippen LogP contribution in [0.5, 0.6) is 0 Å². The second kappa shape index (κ2) is 7.26. The van der Waals surface area contributed by atoms with Gasteiger partial charge in [-0.25, -0.2) is 0 Å². The summed E-state index contributed by atoms with van der Waals surface area (Å²) < 4.78 is 1.16. The van der Waals surface area contributed by atoms with Crippen molar-refractivity contribution in [3.63, 3.8) is 0 Å². The average molecular weight is 363 g/mol. The lowest BCUT2D eigenvalue weighted by Gasteiger charge is -2.43. The molecule has 27 heavy (non-hydrogen) atoms. The van der Waals surface area contributed by atoms with Gasteiger partial charge in [0.2, 0.25) is 0 Å². The van der Waals surface area contributed by atoms with Crippen molar-refractivity contribution in [1.29, 1.82) is 0 Å². The molecule has 2 aliphatic heterocycles. The number of nitrogens with zero attached hydrogens (tertiary/aromatic N) is 1. The van der Waals surface area contributed by atoms with Crippen LogP contribution >= 0.6 is 0 Å². The van der Waals surface area contributed by atoms with E-state index in [0.717, 1.165) is 17.3 Å². The van der Waals surface area contributed by atoms with Gasteiger partial charge in [0, 0.05) is 38.5 Å². The van der Waals surface area contributed by atoms with Crippen molar-refractivity contribution < 1.29 is 9.59 Å². The normalized spacial score (nSPS) is 25.7. The molecule has 2 bridgehead atoms. The van der Waals surface area contributed by atoms with E-state index in [9.17, 15) is 5.11 Å². The number of fused-ring (bicyclic) bond motifs is 2. The first-order valence-corrected chi connectivity index (χ1v) is 10.3. The summed E-state index contributed by atoms with van der Waals surface area (Å²) in [6.45, 7) is 0. The Morgan fingerprint density at radius 3 is 1.74 bits per heavy atom. The van der Waals surface area contributed by atoms with E-state index in [4.69, 9.17) is 0 Å². The Morgan fingerprint density at radius 2 is 1.30 bits per heavy atom. The standard InChI is InChI=1S/C25H32NO/c1-26(2)23-13-14-24(26)16-22(15-23)19-25(27,17-20-9-5-3-6-10-20)18-21-11-7-4-8-12-21/h3-12,19,23-24,27H,13-18H2,1-2H3/q+1/t23-,24+. The zero-order valence-corrected chi connectivity index (χ0v) is 16.6. The molecule has 0 spiro atoms. The Kier molecular flexibility index (Phi) is 4.96. The van der Waals surface area contributed by atoms with E-state index in [2.05, 4.69) is 68.7 Å². The predicted molar refractivity (Wildman–Crippen MR) is 111 cm³/mol. The second-order valence-corrected chi connectivity index (χ2v) is 9.15. The average Bonchev–Trinajstić information content (AvgIpc) is 2.81. The Balaban J connectivity index is 1.62. The first-order chi connectivity index (χ1) is 12.9. The summed E-state index contributed by atoms with van der Waals surface area (Å²) >= 11 is 0. The van der Waals surface area contributed by atoms with E-state index in [-0.39, 0.29) is 0 Å². The van der Waals surface area contributed by atoms with Crippen LogP contribution in [0.3, 0.4) is 0 Å². The van der Waals surface area contributed by atoms with Crippen LogP contribution in [0.4, 0.5) is 0 Å². The largest absolute Gasteiger partial charge is 0.385 e. The van der Waals surface area contributed by atoms with Gasteiger partial charge in [-0.05, 0) is 11.1 Å². The molecule has 2 fully saturated rings. The Hall–Kier alpha value is -1.90. The van der Waals surface area contributed by atoms with Crippen LogP contribution in [-0.4, -0.2) is 41.4 Å². The van der Waals surface area contributed by atoms with Gasteiger partial charge in [0.15, 0.2) is 0 Å². The number of rotatable bonds is 5.